The standard InChI is InChI=1S/C47H76N4O10/c1-14-31(4)40(49(10)43(55)34(30(2)3)28-38(52)47(9)24-18-19-26-51(47)45(57)61-46(6,7)8)37(58-11)29-39(53)50-25-20-23-36(50)41(59-12)32(5)42(54)48-35(44(56)60-13)27-33-21-16-15-17-22-33/h15-17,21-22,30-32,34-37,40-41H,14,18-20,23-29H2,1-13H3,(H,48,54)/t31-,32+,34-,35-,36-,37+,40-,41+,47+/m0/s1. The van der Waals surface area contributed by atoms with E-state index in [1.165, 1.54) is 14.2 Å². The van der Waals surface area contributed by atoms with E-state index in [1.807, 2.05) is 58.0 Å². The molecule has 14 nitrogen and oxygen atoms in total. The minimum Gasteiger partial charge on any atom is -0.467 e. The van der Waals surface area contributed by atoms with Crippen LogP contribution < -0.4 is 5.32 Å². The molecule has 0 radical (unpaired) electrons. The number of carbonyl (C=O) groups excluding carboxylic acids is 6. The van der Waals surface area contributed by atoms with Crippen molar-refractivity contribution in [1.29, 1.82) is 0 Å². The van der Waals surface area contributed by atoms with Crippen LogP contribution in [0.1, 0.15) is 119 Å². The third-order valence-corrected chi connectivity index (χ3v) is 13.0. The van der Waals surface area contributed by atoms with Gasteiger partial charge in [-0.05, 0) is 77.2 Å². The summed E-state index contributed by atoms with van der Waals surface area (Å²) < 4.78 is 22.7. The molecule has 0 aliphatic carbocycles. The molecule has 61 heavy (non-hydrogen) atoms. The average molecular weight is 857 g/mol. The van der Waals surface area contributed by atoms with Crippen molar-refractivity contribution in [3.63, 3.8) is 0 Å². The number of rotatable bonds is 20. The lowest BCUT2D eigenvalue weighted by Crippen LogP contribution is -2.59. The van der Waals surface area contributed by atoms with E-state index < -0.39 is 71.3 Å². The molecule has 2 saturated heterocycles. The highest BCUT2D eigenvalue weighted by atomic mass is 16.6. The Morgan fingerprint density at radius 1 is 0.918 bits per heavy atom. The third-order valence-electron chi connectivity index (χ3n) is 13.0. The van der Waals surface area contributed by atoms with Crippen LogP contribution in [0.3, 0.4) is 0 Å². The van der Waals surface area contributed by atoms with Crippen molar-refractivity contribution in [2.75, 3.05) is 41.5 Å². The molecular weight excluding hydrogens is 781 g/mol. The summed E-state index contributed by atoms with van der Waals surface area (Å²) in [5.74, 6) is -3.20. The van der Waals surface area contributed by atoms with Gasteiger partial charge >= 0.3 is 12.1 Å². The first kappa shape index (κ1) is 51.3. The molecule has 2 aliphatic heterocycles. The summed E-state index contributed by atoms with van der Waals surface area (Å²) in [4.78, 5) is 88.1. The van der Waals surface area contributed by atoms with Gasteiger partial charge in [-0.15, -0.1) is 0 Å². The Bertz CT molecular complexity index is 1630. The third kappa shape index (κ3) is 13.2. The van der Waals surface area contributed by atoms with Gasteiger partial charge in [-0.1, -0.05) is 71.4 Å². The number of esters is 1. The van der Waals surface area contributed by atoms with Crippen molar-refractivity contribution in [3.05, 3.63) is 35.9 Å². The van der Waals surface area contributed by atoms with Gasteiger partial charge < -0.3 is 34.1 Å². The number of methoxy groups -OCH3 is 3. The molecule has 3 rings (SSSR count). The van der Waals surface area contributed by atoms with Gasteiger partial charge in [-0.25, -0.2) is 9.59 Å². The molecule has 2 fully saturated rings. The Kier molecular flexibility index (Phi) is 19.2. The fourth-order valence-corrected chi connectivity index (χ4v) is 9.10. The lowest BCUT2D eigenvalue weighted by molar-refractivity contribution is -0.150. The fraction of sp³-hybridized carbons (Fsp3) is 0.745. The van der Waals surface area contributed by atoms with Crippen molar-refractivity contribution >= 4 is 35.6 Å². The summed E-state index contributed by atoms with van der Waals surface area (Å²) in [5, 5.41) is 2.86. The van der Waals surface area contributed by atoms with Crippen LogP contribution in [-0.2, 0) is 49.3 Å². The molecule has 0 saturated carbocycles. The SMILES string of the molecule is CC[C@H](C)[C@@H]([C@@H](CC(=O)N1CCC[C@H]1[C@H](OC)[C@@H](C)C(=O)N[C@@H](Cc1ccccc1)C(=O)OC)OC)N(C)C(=O)[C@@H](CC(=O)[C@@]1(C)CCCCN1C(=O)OC(C)(C)C)C(C)C. The molecule has 14 heteroatoms. The van der Waals surface area contributed by atoms with E-state index in [0.717, 1.165) is 18.4 Å². The van der Waals surface area contributed by atoms with Gasteiger partial charge in [0.05, 0.1) is 43.7 Å². The van der Waals surface area contributed by atoms with Crippen molar-refractivity contribution in [1.82, 2.24) is 20.0 Å². The summed E-state index contributed by atoms with van der Waals surface area (Å²) in [6.07, 6.45) is 2.36. The summed E-state index contributed by atoms with van der Waals surface area (Å²) in [7, 11) is 6.08. The molecule has 2 heterocycles. The normalized spacial score (nSPS) is 21.7. The van der Waals surface area contributed by atoms with Gasteiger partial charge in [0.1, 0.15) is 17.2 Å². The quantitative estimate of drug-likeness (QED) is 0.149. The van der Waals surface area contributed by atoms with Crippen LogP contribution in [0.2, 0.25) is 0 Å². The fourth-order valence-electron chi connectivity index (χ4n) is 9.10. The molecule has 2 aliphatic rings. The number of hydrogen-bond acceptors (Lipinski definition) is 10. The molecule has 4 amide bonds. The Labute approximate surface area is 365 Å². The van der Waals surface area contributed by atoms with Crippen LogP contribution in [0.4, 0.5) is 4.79 Å². The maximum atomic E-state index is 14.6. The Balaban J connectivity index is 1.81. The van der Waals surface area contributed by atoms with Gasteiger partial charge in [0.15, 0.2) is 5.78 Å². The molecule has 1 aromatic carbocycles. The van der Waals surface area contributed by atoms with E-state index in [1.54, 1.807) is 63.5 Å². The van der Waals surface area contributed by atoms with E-state index in [0.29, 0.717) is 38.8 Å². The number of likely N-dealkylation sites (N-methyl/N-ethyl adjacent to an activating group) is 1. The van der Waals surface area contributed by atoms with Crippen molar-refractivity contribution in [2.24, 2.45) is 23.7 Å². The number of Topliss-reactive ketones (excluding diaryl/α,β-unsaturated/α-hetero) is 1. The van der Waals surface area contributed by atoms with Crippen LogP contribution in [0.5, 0.6) is 0 Å². The molecule has 0 aromatic heterocycles. The second-order valence-electron chi connectivity index (χ2n) is 18.7. The second kappa shape index (κ2) is 22.9. The van der Waals surface area contributed by atoms with Gasteiger partial charge in [-0.3, -0.25) is 24.1 Å². The number of ketones is 1. The molecule has 1 N–H and O–H groups in total. The molecule has 0 spiro atoms. The van der Waals surface area contributed by atoms with Crippen LogP contribution in [0, 0.1) is 23.7 Å². The van der Waals surface area contributed by atoms with Crippen molar-refractivity contribution in [2.45, 2.75) is 162 Å². The molecule has 9 atom stereocenters. The minimum absolute atomic E-state index is 0.0215. The first-order valence-electron chi connectivity index (χ1n) is 22.2. The number of nitrogens with zero attached hydrogens (tertiary/aromatic N) is 3. The Morgan fingerprint density at radius 2 is 1.57 bits per heavy atom. The molecular formula is C47H76N4O10. The summed E-state index contributed by atoms with van der Waals surface area (Å²) in [6, 6.07) is 7.53. The monoisotopic (exact) mass is 857 g/mol. The van der Waals surface area contributed by atoms with E-state index >= 15 is 0 Å². The van der Waals surface area contributed by atoms with Crippen molar-refractivity contribution < 1.29 is 47.7 Å². The van der Waals surface area contributed by atoms with E-state index in [-0.39, 0.29) is 48.7 Å². The van der Waals surface area contributed by atoms with Crippen LogP contribution >= 0.6 is 0 Å². The largest absolute Gasteiger partial charge is 0.467 e. The number of hydrogen-bond donors (Lipinski definition) is 1. The number of amides is 4. The average Bonchev–Trinajstić information content (AvgIpc) is 3.71. The maximum absolute atomic E-state index is 14.6. The number of nitrogens with one attached hydrogen (secondary N) is 1. The lowest BCUT2D eigenvalue weighted by Gasteiger charge is -2.45. The Morgan fingerprint density at radius 3 is 2.13 bits per heavy atom. The zero-order valence-electron chi connectivity index (χ0n) is 39.3. The van der Waals surface area contributed by atoms with Crippen LogP contribution in [0.15, 0.2) is 30.3 Å². The number of benzene rings is 1. The second-order valence-corrected chi connectivity index (χ2v) is 18.7. The molecule has 344 valence electrons. The highest BCUT2D eigenvalue weighted by Gasteiger charge is 2.48. The smallest absolute Gasteiger partial charge is 0.411 e. The number of ether oxygens (including phenoxy) is 4. The predicted molar refractivity (Wildman–Crippen MR) is 233 cm³/mol. The highest BCUT2D eigenvalue weighted by molar-refractivity contribution is 5.95. The highest BCUT2D eigenvalue weighted by Crippen LogP contribution is 2.35. The summed E-state index contributed by atoms with van der Waals surface area (Å²) >= 11 is 0. The van der Waals surface area contributed by atoms with Crippen LogP contribution in [0.25, 0.3) is 0 Å². The van der Waals surface area contributed by atoms with Gasteiger partial charge in [0.2, 0.25) is 17.7 Å². The van der Waals surface area contributed by atoms with Gasteiger partial charge in [-0.2, -0.15) is 0 Å². The predicted octanol–water partition coefficient (Wildman–Crippen LogP) is 6.22. The van der Waals surface area contributed by atoms with Crippen molar-refractivity contribution in [3.8, 4) is 0 Å². The maximum Gasteiger partial charge on any atom is 0.411 e. The van der Waals surface area contributed by atoms with Crippen LogP contribution in [-0.4, -0.2) is 133 Å². The first-order valence-corrected chi connectivity index (χ1v) is 22.2. The minimum atomic E-state index is -1.11. The lowest BCUT2D eigenvalue weighted by atomic mass is 9.78. The molecule has 0 bridgehead atoms. The van der Waals surface area contributed by atoms with E-state index in [9.17, 15) is 28.8 Å². The first-order chi connectivity index (χ1) is 28.6. The number of likely N-dealkylation sites (tertiary alicyclic amines) is 2. The molecule has 1 aromatic rings. The zero-order valence-corrected chi connectivity index (χ0v) is 39.3. The zero-order chi connectivity index (χ0) is 45.8. The van der Waals surface area contributed by atoms with E-state index in [2.05, 4.69) is 5.32 Å². The summed E-state index contributed by atoms with van der Waals surface area (Å²) in [6.45, 7) is 17.7. The topological polar surface area (TPSA) is 161 Å². The molecule has 0 unspecified atom stereocenters. The number of carbonyl (C=O) groups is 6. The van der Waals surface area contributed by atoms with Gasteiger partial charge in [0, 0.05) is 53.1 Å². The van der Waals surface area contributed by atoms with Gasteiger partial charge in [0.25, 0.3) is 0 Å². The summed E-state index contributed by atoms with van der Waals surface area (Å²) in [5.41, 5.74) is -0.969. The number of piperidine rings is 1. The Hall–Kier alpha value is -4.04. The van der Waals surface area contributed by atoms with E-state index in [4.69, 9.17) is 18.9 Å².